The number of nitrogens with zero attached hydrogens (tertiary/aromatic N) is 3. The number of carbonyl (C=O) groups excluding carboxylic acids is 1. The molecule has 1 unspecified atom stereocenters. The van der Waals surface area contributed by atoms with Gasteiger partial charge in [-0.3, -0.25) is 4.90 Å². The molecule has 0 aromatic heterocycles. The second-order valence-electron chi connectivity index (χ2n) is 5.26. The lowest BCUT2D eigenvalue weighted by atomic mass is 10.0. The zero-order valence-electron chi connectivity index (χ0n) is 11.6. The van der Waals surface area contributed by atoms with Gasteiger partial charge in [0.15, 0.2) is 0 Å². The van der Waals surface area contributed by atoms with Crippen LogP contribution in [0.4, 0.5) is 4.79 Å². The highest BCUT2D eigenvalue weighted by molar-refractivity contribution is 5.78. The van der Waals surface area contributed by atoms with E-state index in [2.05, 4.69) is 41.4 Å². The number of hydrogen-bond donors (Lipinski definition) is 1. The molecular formula is C13H22N4O. The molecule has 2 aliphatic rings. The zero-order chi connectivity index (χ0) is 13.3. The van der Waals surface area contributed by atoms with Gasteiger partial charge >= 0.3 is 6.03 Å². The fourth-order valence-corrected chi connectivity index (χ4v) is 2.42. The van der Waals surface area contributed by atoms with Crippen LogP contribution in [0.1, 0.15) is 6.92 Å². The number of carbonyl (C=O) groups is 1. The van der Waals surface area contributed by atoms with Crippen molar-refractivity contribution in [2.45, 2.75) is 13.0 Å². The maximum absolute atomic E-state index is 12.0. The zero-order valence-corrected chi connectivity index (χ0v) is 11.6. The van der Waals surface area contributed by atoms with Crippen LogP contribution in [0.5, 0.6) is 0 Å². The molecule has 1 saturated heterocycles. The van der Waals surface area contributed by atoms with Crippen LogP contribution >= 0.6 is 0 Å². The third-order valence-electron chi connectivity index (χ3n) is 3.39. The average molecular weight is 250 g/mol. The molecular weight excluding hydrogens is 228 g/mol. The summed E-state index contributed by atoms with van der Waals surface area (Å²) in [6.45, 7) is 4.34. The molecule has 2 heterocycles. The van der Waals surface area contributed by atoms with Gasteiger partial charge in [0.25, 0.3) is 0 Å². The van der Waals surface area contributed by atoms with E-state index in [0.717, 1.165) is 18.8 Å². The molecule has 2 rings (SSSR count). The lowest BCUT2D eigenvalue weighted by Crippen LogP contribution is -2.57. The van der Waals surface area contributed by atoms with Crippen LogP contribution < -0.4 is 5.32 Å². The number of allylic oxidation sites excluding steroid dienone is 2. The van der Waals surface area contributed by atoms with E-state index in [-0.39, 0.29) is 12.1 Å². The number of hydrogen-bond acceptors (Lipinski definition) is 3. The molecule has 0 aromatic carbocycles. The summed E-state index contributed by atoms with van der Waals surface area (Å²) in [6.07, 6.45) is 4.24. The van der Waals surface area contributed by atoms with E-state index in [4.69, 9.17) is 0 Å². The molecule has 18 heavy (non-hydrogen) atoms. The Morgan fingerprint density at radius 1 is 1.50 bits per heavy atom. The van der Waals surface area contributed by atoms with Crippen molar-refractivity contribution < 1.29 is 4.79 Å². The molecule has 0 radical (unpaired) electrons. The van der Waals surface area contributed by atoms with Gasteiger partial charge in [0.1, 0.15) is 0 Å². The molecule has 5 nitrogen and oxygen atoms in total. The summed E-state index contributed by atoms with van der Waals surface area (Å²) in [7, 11) is 6.10. The summed E-state index contributed by atoms with van der Waals surface area (Å²) >= 11 is 0. The second-order valence-corrected chi connectivity index (χ2v) is 5.26. The first kappa shape index (κ1) is 13.0. The van der Waals surface area contributed by atoms with Crippen LogP contribution in [-0.4, -0.2) is 67.5 Å². The fourth-order valence-electron chi connectivity index (χ4n) is 2.42. The average Bonchev–Trinajstić information content (AvgIpc) is 2.26. The van der Waals surface area contributed by atoms with E-state index in [1.54, 1.807) is 0 Å². The number of likely N-dealkylation sites (N-methyl/N-ethyl adjacent to an activating group) is 2. The Kier molecular flexibility index (Phi) is 3.61. The summed E-state index contributed by atoms with van der Waals surface area (Å²) in [4.78, 5) is 18.1. The molecule has 0 saturated carbocycles. The van der Waals surface area contributed by atoms with Gasteiger partial charge in [-0.1, -0.05) is 0 Å². The third-order valence-corrected chi connectivity index (χ3v) is 3.39. The third kappa shape index (κ3) is 2.51. The second kappa shape index (κ2) is 5.02. The van der Waals surface area contributed by atoms with Gasteiger partial charge in [0.05, 0.1) is 6.04 Å². The first-order valence-corrected chi connectivity index (χ1v) is 6.31. The molecule has 0 spiro atoms. The van der Waals surface area contributed by atoms with E-state index in [9.17, 15) is 4.79 Å². The molecule has 0 bridgehead atoms. The minimum atomic E-state index is 0.0162. The number of nitrogens with one attached hydrogen (secondary N) is 1. The van der Waals surface area contributed by atoms with Gasteiger partial charge in [-0.25, -0.2) is 4.79 Å². The quantitative estimate of drug-likeness (QED) is 0.800. The largest absolute Gasteiger partial charge is 0.370 e. The van der Waals surface area contributed by atoms with Crippen molar-refractivity contribution in [3.05, 3.63) is 23.5 Å². The lowest BCUT2D eigenvalue weighted by molar-refractivity contribution is 0.174. The van der Waals surface area contributed by atoms with Crippen LogP contribution in [0.3, 0.4) is 0 Å². The van der Waals surface area contributed by atoms with Crippen molar-refractivity contribution in [3.8, 4) is 0 Å². The smallest absolute Gasteiger partial charge is 0.321 e. The maximum Gasteiger partial charge on any atom is 0.321 e. The summed E-state index contributed by atoms with van der Waals surface area (Å²) < 4.78 is 0. The minimum Gasteiger partial charge on any atom is -0.370 e. The minimum absolute atomic E-state index is 0.0162. The van der Waals surface area contributed by atoms with Gasteiger partial charge in [0, 0.05) is 38.6 Å². The SMILES string of the molecule is CC1=CN(C)C2CNC(=O)N(CCN(C)C)C2=C1. The van der Waals surface area contributed by atoms with Crippen molar-refractivity contribution in [1.29, 1.82) is 0 Å². The van der Waals surface area contributed by atoms with E-state index < -0.39 is 0 Å². The van der Waals surface area contributed by atoms with Crippen molar-refractivity contribution >= 4 is 6.03 Å². The Bertz CT molecular complexity index is 400. The van der Waals surface area contributed by atoms with E-state index in [1.165, 1.54) is 5.57 Å². The van der Waals surface area contributed by atoms with Gasteiger partial charge in [0.2, 0.25) is 0 Å². The molecule has 0 aliphatic carbocycles. The van der Waals surface area contributed by atoms with E-state index in [0.29, 0.717) is 6.54 Å². The van der Waals surface area contributed by atoms with Crippen LogP contribution in [0.2, 0.25) is 0 Å². The van der Waals surface area contributed by atoms with Crippen LogP contribution in [-0.2, 0) is 0 Å². The van der Waals surface area contributed by atoms with E-state index in [1.807, 2.05) is 19.0 Å². The van der Waals surface area contributed by atoms with Crippen molar-refractivity contribution in [3.63, 3.8) is 0 Å². The predicted octanol–water partition coefficient (Wildman–Crippen LogP) is 0.675. The molecule has 0 aromatic rings. The Labute approximate surface area is 109 Å². The molecule has 1 atom stereocenters. The summed E-state index contributed by atoms with van der Waals surface area (Å²) in [5.74, 6) is 0. The van der Waals surface area contributed by atoms with Crippen molar-refractivity contribution in [2.75, 3.05) is 40.8 Å². The predicted molar refractivity (Wildman–Crippen MR) is 72.0 cm³/mol. The Morgan fingerprint density at radius 2 is 2.22 bits per heavy atom. The normalized spacial score (nSPS) is 23.6. The molecule has 2 amide bonds. The van der Waals surface area contributed by atoms with Gasteiger partial charge in [-0.15, -0.1) is 0 Å². The summed E-state index contributed by atoms with van der Waals surface area (Å²) in [5, 5.41) is 2.96. The van der Waals surface area contributed by atoms with Crippen molar-refractivity contribution in [2.24, 2.45) is 0 Å². The van der Waals surface area contributed by atoms with Crippen LogP contribution in [0.25, 0.3) is 0 Å². The van der Waals surface area contributed by atoms with Crippen LogP contribution in [0, 0.1) is 0 Å². The first-order valence-electron chi connectivity index (χ1n) is 6.31. The highest BCUT2D eigenvalue weighted by atomic mass is 16.2. The fraction of sp³-hybridized carbons (Fsp3) is 0.615. The lowest BCUT2D eigenvalue weighted by Gasteiger charge is -2.42. The van der Waals surface area contributed by atoms with Gasteiger partial charge < -0.3 is 15.1 Å². The molecule has 1 fully saturated rings. The number of amides is 2. The highest BCUT2D eigenvalue weighted by Crippen LogP contribution is 2.24. The molecule has 1 N–H and O–H groups in total. The number of urea groups is 1. The Balaban J connectivity index is 2.20. The molecule has 5 heteroatoms. The number of fused-ring (bicyclic) bond motifs is 1. The Hall–Kier alpha value is -1.49. The first-order chi connectivity index (χ1) is 8.49. The molecule has 2 aliphatic heterocycles. The monoisotopic (exact) mass is 250 g/mol. The Morgan fingerprint density at radius 3 is 2.89 bits per heavy atom. The highest BCUT2D eigenvalue weighted by Gasteiger charge is 2.33. The summed E-state index contributed by atoms with van der Waals surface area (Å²) in [5.41, 5.74) is 2.30. The van der Waals surface area contributed by atoms with Gasteiger partial charge in [-0.2, -0.15) is 0 Å². The van der Waals surface area contributed by atoms with Crippen molar-refractivity contribution in [1.82, 2.24) is 20.0 Å². The van der Waals surface area contributed by atoms with Gasteiger partial charge in [-0.05, 0) is 32.7 Å². The number of rotatable bonds is 3. The summed E-state index contributed by atoms with van der Waals surface area (Å²) in [6, 6.07) is 0.274. The molecule has 100 valence electrons. The standard InChI is InChI=1S/C13H22N4O/c1-10-7-11-12(16(4)9-10)8-14-13(18)17(11)6-5-15(2)3/h7,9,12H,5-6,8H2,1-4H3,(H,14,18). The maximum atomic E-state index is 12.0. The van der Waals surface area contributed by atoms with E-state index >= 15 is 0 Å². The van der Waals surface area contributed by atoms with Crippen LogP contribution in [0.15, 0.2) is 23.5 Å². The topological polar surface area (TPSA) is 38.8 Å².